The molecule has 0 saturated carbocycles. The summed E-state index contributed by atoms with van der Waals surface area (Å²) < 4.78 is 45.5. The van der Waals surface area contributed by atoms with Gasteiger partial charge in [0.2, 0.25) is 0 Å². The molecule has 2 aromatic carbocycles. The number of ketones is 1. The molecule has 0 spiro atoms. The second kappa shape index (κ2) is 10.1. The minimum absolute atomic E-state index is 0.0132. The number of hydrogen-bond donors (Lipinski definition) is 2. The number of nitrogens with one attached hydrogen (secondary N) is 2. The molecule has 172 valence electrons. The summed E-state index contributed by atoms with van der Waals surface area (Å²) in [6, 6.07) is 12.1. The Morgan fingerprint density at radius 2 is 1.91 bits per heavy atom. The van der Waals surface area contributed by atoms with Gasteiger partial charge in [0.25, 0.3) is 0 Å². The number of benzene rings is 2. The van der Waals surface area contributed by atoms with Crippen molar-refractivity contribution in [3.63, 3.8) is 0 Å². The van der Waals surface area contributed by atoms with E-state index in [0.29, 0.717) is 23.2 Å². The summed E-state index contributed by atoms with van der Waals surface area (Å²) in [6.07, 6.45) is 3.72. The number of carbonyl (C=O) groups excluding carboxylic acids is 1. The van der Waals surface area contributed by atoms with Gasteiger partial charge in [-0.3, -0.25) is 0 Å². The second-order valence-electron chi connectivity index (χ2n) is 7.28. The van der Waals surface area contributed by atoms with Crippen LogP contribution in [0.5, 0.6) is 0 Å². The third kappa shape index (κ3) is 4.84. The van der Waals surface area contributed by atoms with Crippen LogP contribution in [0.25, 0.3) is 22.2 Å². The van der Waals surface area contributed by atoms with Crippen molar-refractivity contribution in [2.24, 2.45) is 0 Å². The van der Waals surface area contributed by atoms with Gasteiger partial charge in [-0.1, -0.05) is 6.92 Å². The summed E-state index contributed by atoms with van der Waals surface area (Å²) in [5, 5.41) is 0.469. The van der Waals surface area contributed by atoms with Gasteiger partial charge in [0, 0.05) is 5.75 Å². The number of rotatable bonds is 8. The van der Waals surface area contributed by atoms with Crippen LogP contribution in [0, 0.1) is 15.2 Å². The maximum atomic E-state index is 15.1. The number of aromatic nitrogens is 2. The fraction of sp³-hybridized carbons (Fsp3) is 0.167. The predicted octanol–water partition coefficient (Wildman–Crippen LogP) is 2.11. The van der Waals surface area contributed by atoms with Crippen LogP contribution < -0.4 is 25.9 Å². The Hall–Kier alpha value is -2.66. The van der Waals surface area contributed by atoms with Gasteiger partial charge in [-0.2, -0.15) is 0 Å². The molecule has 1 atom stereocenters. The molecule has 5 nitrogen and oxygen atoms in total. The molecule has 0 aliphatic carbocycles. The molecular weight excluding hydrogens is 559 g/mol. The van der Waals surface area contributed by atoms with Crippen molar-refractivity contribution >= 4 is 33.5 Å². The second-order valence-corrected chi connectivity index (χ2v) is 10.9. The number of nitrogens with zero attached hydrogens (tertiary/aromatic N) is 1. The van der Waals surface area contributed by atoms with Crippen LogP contribution in [0.15, 0.2) is 54.9 Å². The Balaban J connectivity index is 1.74. The predicted molar refractivity (Wildman–Crippen MR) is 123 cm³/mol. The van der Waals surface area contributed by atoms with Gasteiger partial charge < -0.3 is 4.72 Å². The summed E-state index contributed by atoms with van der Waals surface area (Å²) in [7, 11) is -1.53. The maximum absolute atomic E-state index is 15.1. The van der Waals surface area contributed by atoms with Gasteiger partial charge >= 0.3 is 158 Å². The number of halogens is 3. The van der Waals surface area contributed by atoms with Crippen molar-refractivity contribution in [1.82, 2.24) is 9.97 Å². The first-order chi connectivity index (χ1) is 15.9. The Labute approximate surface area is 202 Å². The van der Waals surface area contributed by atoms with E-state index in [4.69, 9.17) is 0 Å². The molecule has 2 N–H and O–H groups in total. The number of hydrogen-bond acceptors (Lipinski definition) is 3. The van der Waals surface area contributed by atoms with Gasteiger partial charge in [0.15, 0.2) is 0 Å². The van der Waals surface area contributed by atoms with Gasteiger partial charge in [-0.05, 0) is 12.5 Å². The van der Waals surface area contributed by atoms with Gasteiger partial charge in [0.05, 0.1) is 0 Å². The first-order valence-electron chi connectivity index (χ1n) is 10.2. The number of pyridine rings is 1. The SMILES string of the molecule is CCC[S@@](=O)Nc1ccc(F)c(C(=O)c2c[nH]c3ncc(-c4ccc([I-]C)cc4)cc23)c1F. The van der Waals surface area contributed by atoms with Crippen LogP contribution in [0.1, 0.15) is 29.3 Å². The molecule has 0 aliphatic rings. The number of anilines is 1. The van der Waals surface area contributed by atoms with Crippen molar-refractivity contribution in [2.45, 2.75) is 13.3 Å². The third-order valence-corrected chi connectivity index (χ3v) is 8.29. The molecule has 0 saturated heterocycles. The fourth-order valence-electron chi connectivity index (χ4n) is 3.45. The van der Waals surface area contributed by atoms with Crippen molar-refractivity contribution in [3.05, 3.63) is 81.2 Å². The van der Waals surface area contributed by atoms with Crippen LogP contribution in [-0.2, 0) is 11.0 Å². The summed E-state index contributed by atoms with van der Waals surface area (Å²) in [5.74, 6) is -2.56. The minimum atomic E-state index is -1.53. The molecule has 2 heterocycles. The van der Waals surface area contributed by atoms with Gasteiger partial charge in [0.1, 0.15) is 11.0 Å². The molecule has 0 amide bonds. The molecule has 0 fully saturated rings. The van der Waals surface area contributed by atoms with E-state index < -0.39 is 34.0 Å². The number of carbonyl (C=O) groups is 1. The Morgan fingerprint density at radius 1 is 1.15 bits per heavy atom. The molecule has 2 aromatic heterocycles. The van der Waals surface area contributed by atoms with Crippen molar-refractivity contribution in [3.8, 4) is 11.1 Å². The topological polar surface area (TPSA) is 74.8 Å². The molecule has 9 heteroatoms. The van der Waals surface area contributed by atoms with Crippen molar-refractivity contribution in [2.75, 3.05) is 15.4 Å². The van der Waals surface area contributed by atoms with Crippen LogP contribution in [0.3, 0.4) is 0 Å². The number of H-pyrrole nitrogens is 1. The fourth-order valence-corrected chi connectivity index (χ4v) is 5.41. The number of aromatic amines is 1. The van der Waals surface area contributed by atoms with E-state index in [9.17, 15) is 13.4 Å². The normalized spacial score (nSPS) is 12.2. The Morgan fingerprint density at radius 3 is 2.61 bits per heavy atom. The van der Waals surface area contributed by atoms with Crippen LogP contribution >= 0.6 is 0 Å². The van der Waals surface area contributed by atoms with Crippen LogP contribution in [-0.4, -0.2) is 30.6 Å². The standard InChI is InChI=1S/C24H21F2IN3O2S/c1-3-10-33(32)30-20-9-8-19(25)21(22(20)26)23(31)18-13-29-24-17(18)11-15(12-28-24)14-4-6-16(27-2)7-5-14/h4-9,11-13,30H,3,10H2,1-2H3,(H,28,29)/q-1/t33-/m1/s1. The Kier molecular flexibility index (Phi) is 7.18. The van der Waals surface area contributed by atoms with Gasteiger partial charge in [-0.25, -0.2) is 4.21 Å². The van der Waals surface area contributed by atoms with Crippen LogP contribution in [0.2, 0.25) is 0 Å². The zero-order valence-electron chi connectivity index (χ0n) is 17.9. The van der Waals surface area contributed by atoms with E-state index in [-0.39, 0.29) is 32.5 Å². The summed E-state index contributed by atoms with van der Waals surface area (Å²) in [4.78, 5) is 22.7. The summed E-state index contributed by atoms with van der Waals surface area (Å²) >= 11 is -0.0132. The monoisotopic (exact) mass is 580 g/mol. The van der Waals surface area contributed by atoms with E-state index >= 15 is 4.39 Å². The first-order valence-corrected chi connectivity index (χ1v) is 14.7. The van der Waals surface area contributed by atoms with Crippen molar-refractivity contribution < 1.29 is 39.0 Å². The van der Waals surface area contributed by atoms with E-state index in [1.54, 1.807) is 12.3 Å². The van der Waals surface area contributed by atoms with Crippen LogP contribution in [0.4, 0.5) is 14.5 Å². The molecule has 0 radical (unpaired) electrons. The molecular formula is C24H21F2IN3O2S-. The average molecular weight is 580 g/mol. The number of alkyl halides is 1. The molecule has 0 aliphatic heterocycles. The zero-order valence-corrected chi connectivity index (χ0v) is 20.9. The van der Waals surface area contributed by atoms with E-state index in [2.05, 4.69) is 31.8 Å². The quantitative estimate of drug-likeness (QED) is 0.191. The molecule has 0 bridgehead atoms. The van der Waals surface area contributed by atoms with Gasteiger partial charge in [-0.15, -0.1) is 0 Å². The summed E-state index contributed by atoms with van der Waals surface area (Å²) in [5.41, 5.74) is 1.41. The average Bonchev–Trinajstić information content (AvgIpc) is 3.24. The summed E-state index contributed by atoms with van der Waals surface area (Å²) in [6.45, 7) is 1.84. The van der Waals surface area contributed by atoms with E-state index in [1.165, 1.54) is 9.77 Å². The molecule has 0 unspecified atom stereocenters. The molecule has 4 aromatic rings. The molecule has 33 heavy (non-hydrogen) atoms. The third-order valence-electron chi connectivity index (χ3n) is 5.10. The zero-order chi connectivity index (χ0) is 23.5. The Bertz CT molecular complexity index is 1360. The number of fused-ring (bicyclic) bond motifs is 1. The van der Waals surface area contributed by atoms with E-state index in [1.807, 2.05) is 19.1 Å². The van der Waals surface area contributed by atoms with Crippen molar-refractivity contribution in [1.29, 1.82) is 0 Å². The van der Waals surface area contributed by atoms with E-state index in [0.717, 1.165) is 23.3 Å². The molecule has 4 rings (SSSR count). The first kappa shape index (κ1) is 23.5.